The second kappa shape index (κ2) is 23.1. The molecule has 1 heterocycles. The number of hydrogen-bond acceptors (Lipinski definition) is 14. The number of nitrogens with two attached hydrogens (primary N) is 2. The van der Waals surface area contributed by atoms with Crippen LogP contribution in [-0.4, -0.2) is 109 Å². The zero-order chi connectivity index (χ0) is 29.9. The summed E-state index contributed by atoms with van der Waals surface area (Å²) in [7, 11) is -8.21. The van der Waals surface area contributed by atoms with E-state index in [0.717, 1.165) is 5.75 Å². The molecule has 0 unspecified atom stereocenters. The number of thioether (sulfide) groups is 2. The Bertz CT molecular complexity index is 952. The molecule has 224 valence electrons. The quantitative estimate of drug-likeness (QED) is 0.0789. The van der Waals surface area contributed by atoms with E-state index in [1.54, 1.807) is 18.7 Å². The minimum atomic E-state index is -4.14. The first-order valence-corrected chi connectivity index (χ1v) is 17.1. The second-order valence-electron chi connectivity index (χ2n) is 7.66. The van der Waals surface area contributed by atoms with E-state index in [0.29, 0.717) is 23.7 Å². The molecule has 1 rings (SSSR count). The fourth-order valence-corrected chi connectivity index (χ4v) is 4.95. The van der Waals surface area contributed by atoms with Gasteiger partial charge in [0.15, 0.2) is 0 Å². The molecule has 1 saturated heterocycles. The van der Waals surface area contributed by atoms with Crippen molar-refractivity contribution in [3.8, 4) is 0 Å². The van der Waals surface area contributed by atoms with Gasteiger partial charge in [0.05, 0.1) is 28.2 Å². The van der Waals surface area contributed by atoms with E-state index in [2.05, 4.69) is 10.2 Å². The van der Waals surface area contributed by atoms with E-state index in [4.69, 9.17) is 16.0 Å². The summed E-state index contributed by atoms with van der Waals surface area (Å²) in [6, 6.07) is -1.09. The molecule has 0 saturated carbocycles. The maximum Gasteiger partial charge on any atom is 1.00 e. The van der Waals surface area contributed by atoms with Crippen molar-refractivity contribution in [2.75, 3.05) is 42.1 Å². The summed E-state index contributed by atoms with van der Waals surface area (Å²) in [6.45, 7) is 1.40. The van der Waals surface area contributed by atoms with Crippen molar-refractivity contribution in [1.82, 2.24) is 10.4 Å². The summed E-state index contributed by atoms with van der Waals surface area (Å²) >= 11 is 3.11. The fraction of sp³-hybridized carbons (Fsp3) is 0.789. The predicted octanol–water partition coefficient (Wildman–Crippen LogP) is -4.31. The van der Waals surface area contributed by atoms with Crippen molar-refractivity contribution < 1.29 is 79.5 Å². The number of carbonyl (C=O) groups is 4. The molecule has 1 aliphatic heterocycles. The molecule has 2 atom stereocenters. The van der Waals surface area contributed by atoms with E-state index in [1.807, 2.05) is 12.5 Å². The largest absolute Gasteiger partial charge is 1.00 e. The molecule has 0 aliphatic carbocycles. The zero-order valence-electron chi connectivity index (χ0n) is 22.5. The summed E-state index contributed by atoms with van der Waals surface area (Å²) in [4.78, 5) is 47.9. The van der Waals surface area contributed by atoms with Crippen LogP contribution in [-0.2, 0) is 44.3 Å². The third-order valence-electron chi connectivity index (χ3n) is 4.23. The molecule has 39 heavy (non-hydrogen) atoms. The van der Waals surface area contributed by atoms with Gasteiger partial charge in [0.1, 0.15) is 0 Å². The molecule has 3 amide bonds. The number of nitrogens with zero attached hydrogens (tertiary/aromatic N) is 1. The van der Waals surface area contributed by atoms with Gasteiger partial charge in [-0.2, -0.15) is 31.9 Å². The van der Waals surface area contributed by atoms with Crippen LogP contribution in [0.1, 0.15) is 39.0 Å². The number of rotatable bonds is 14. The van der Waals surface area contributed by atoms with E-state index in [9.17, 15) is 40.6 Å². The number of hydrogen-bond donors (Lipinski definition) is 4. The van der Waals surface area contributed by atoms with Crippen molar-refractivity contribution >= 4 is 67.5 Å². The van der Waals surface area contributed by atoms with Gasteiger partial charge < -0.3 is 26.2 Å². The minimum Gasteiger partial charge on any atom is -0.748 e. The van der Waals surface area contributed by atoms with Crippen molar-refractivity contribution in [3.05, 3.63) is 0 Å². The molecule has 0 bridgehead atoms. The van der Waals surface area contributed by atoms with Crippen molar-refractivity contribution in [3.63, 3.8) is 0 Å². The van der Waals surface area contributed by atoms with Crippen LogP contribution in [0.4, 0.5) is 0 Å². The van der Waals surface area contributed by atoms with Gasteiger partial charge in [0, 0.05) is 31.3 Å². The molecule has 0 aromatic heterocycles. The summed E-state index contributed by atoms with van der Waals surface area (Å²) in [5.41, 5.74) is 10.4. The van der Waals surface area contributed by atoms with E-state index in [1.165, 1.54) is 11.8 Å². The van der Waals surface area contributed by atoms with Gasteiger partial charge in [-0.3, -0.25) is 18.9 Å². The predicted molar refractivity (Wildman–Crippen MR) is 143 cm³/mol. The van der Waals surface area contributed by atoms with Crippen LogP contribution in [0.25, 0.3) is 0 Å². The molecule has 1 aliphatic rings. The van der Waals surface area contributed by atoms with E-state index < -0.39 is 67.5 Å². The van der Waals surface area contributed by atoms with Gasteiger partial charge in [-0.1, -0.05) is 6.92 Å². The average molecular weight is 649 g/mol. The van der Waals surface area contributed by atoms with Crippen LogP contribution in [0.2, 0.25) is 0 Å². The van der Waals surface area contributed by atoms with Gasteiger partial charge in [0.25, 0.3) is 21.9 Å². The van der Waals surface area contributed by atoms with Crippen LogP contribution in [0.5, 0.6) is 0 Å². The molecule has 20 heteroatoms. The Morgan fingerprint density at radius 3 is 1.95 bits per heavy atom. The van der Waals surface area contributed by atoms with Crippen LogP contribution in [0.3, 0.4) is 0 Å². The molecule has 6 N–H and O–H groups in total. The smallest absolute Gasteiger partial charge is 0.748 e. The first-order chi connectivity index (χ1) is 17.5. The maximum atomic E-state index is 11.0. The van der Waals surface area contributed by atoms with Crippen molar-refractivity contribution in [1.29, 1.82) is 0 Å². The Kier molecular flexibility index (Phi) is 25.5. The Hall–Kier alpha value is -0.480. The molecular formula is C19H37N4NaO11S4. The third-order valence-corrected chi connectivity index (χ3v) is 7.18. The fourth-order valence-electron chi connectivity index (χ4n) is 2.44. The van der Waals surface area contributed by atoms with Crippen LogP contribution in [0, 0.1) is 0 Å². The number of nitrogens with one attached hydrogen (secondary N) is 1. The van der Waals surface area contributed by atoms with Gasteiger partial charge in [-0.15, -0.1) is 5.06 Å². The second-order valence-corrected chi connectivity index (χ2v) is 12.6. The molecule has 0 aromatic rings. The minimum absolute atomic E-state index is 0. The Balaban J connectivity index is -0.000000499. The number of amides is 3. The molecular weight excluding hydrogens is 611 g/mol. The number of carbonyl (C=O) groups excluding carboxylic acids is 4. The monoisotopic (exact) mass is 648 g/mol. The molecule has 0 aromatic carbocycles. The molecule has 0 radical (unpaired) electrons. The summed E-state index contributed by atoms with van der Waals surface area (Å²) < 4.78 is 60.4. The van der Waals surface area contributed by atoms with Gasteiger partial charge in [-0.25, -0.2) is 13.2 Å². The van der Waals surface area contributed by atoms with Crippen LogP contribution < -0.4 is 46.3 Å². The summed E-state index contributed by atoms with van der Waals surface area (Å²) in [6.07, 6.45) is 5.24. The van der Waals surface area contributed by atoms with Crippen LogP contribution >= 0.6 is 23.5 Å². The first kappa shape index (κ1) is 43.0. The van der Waals surface area contributed by atoms with Crippen molar-refractivity contribution in [2.24, 2.45) is 11.5 Å². The Morgan fingerprint density at radius 1 is 1.08 bits per heavy atom. The normalized spacial score (nSPS) is 14.6. The topological polar surface area (TPSA) is 256 Å². The van der Waals surface area contributed by atoms with Gasteiger partial charge in [-0.05, 0) is 36.9 Å². The Labute approximate surface area is 260 Å². The summed E-state index contributed by atoms with van der Waals surface area (Å²) in [5.74, 6) is -1.32. The average Bonchev–Trinajstić information content (AvgIpc) is 3.11. The Morgan fingerprint density at radius 2 is 1.56 bits per heavy atom. The zero-order valence-corrected chi connectivity index (χ0v) is 27.8. The number of hydroxylamine groups is 2. The van der Waals surface area contributed by atoms with Gasteiger partial charge >= 0.3 is 35.5 Å². The third kappa shape index (κ3) is 26.2. The molecule has 15 nitrogen and oxygen atoms in total. The SMILES string of the molecule is CCC(=O)ON1C(=O)CCC1=O.CSCC[C@@H](CS(=O)(=O)O)NC(=O)CN.CSCC[C@H](N)CS(=O)(=O)[O-].[Na+]. The standard InChI is InChI=1S/C7H16N2O4S2.C7H9NO4.C5H13NO3S2.Na/c1-14-3-2-6(5-15(11,12)13)9-7(10)4-8;1-2-7(11)12-8-5(9)3-4-6(8)10;1-10-3-2-5(6)4-11(7,8)9;/h6H,2-5,8H2,1H3,(H,9,10)(H,11,12,13);2-4H2,1H3;5H,2-4,6H2,1H3,(H,7,8,9);/q;;;+1/p-1/t6-;;5-;/m0.0./s1. The maximum absolute atomic E-state index is 11.0. The van der Waals surface area contributed by atoms with E-state index >= 15 is 0 Å². The molecule has 0 spiro atoms. The number of imide groups is 1. The van der Waals surface area contributed by atoms with E-state index in [-0.39, 0.29) is 55.4 Å². The summed E-state index contributed by atoms with van der Waals surface area (Å²) in [5, 5.41) is 2.99. The van der Waals surface area contributed by atoms with Crippen LogP contribution in [0.15, 0.2) is 0 Å². The van der Waals surface area contributed by atoms with Crippen molar-refractivity contribution in [2.45, 2.75) is 51.1 Å². The molecule has 1 fully saturated rings. The first-order valence-electron chi connectivity index (χ1n) is 11.2. The van der Waals surface area contributed by atoms with Gasteiger partial charge in [0.2, 0.25) is 5.91 Å².